The van der Waals surface area contributed by atoms with Crippen LogP contribution in [0, 0.1) is 11.3 Å². The molecule has 0 radical (unpaired) electrons. The molecule has 0 atom stereocenters. The summed E-state index contributed by atoms with van der Waals surface area (Å²) in [6, 6.07) is 6.90. The lowest BCUT2D eigenvalue weighted by Crippen LogP contribution is -2.28. The molecule has 0 aromatic heterocycles. The minimum atomic E-state index is -0.231. The van der Waals surface area contributed by atoms with Crippen molar-refractivity contribution in [3.8, 4) is 6.07 Å². The Morgan fingerprint density at radius 2 is 2.00 bits per heavy atom. The van der Waals surface area contributed by atoms with Crippen LogP contribution < -0.4 is 0 Å². The van der Waals surface area contributed by atoms with E-state index in [1.54, 1.807) is 23.1 Å². The number of amides is 1. The van der Waals surface area contributed by atoms with E-state index in [2.05, 4.69) is 0 Å². The molecule has 2 rings (SSSR count). The average molecular weight is 295 g/mol. The zero-order valence-corrected chi connectivity index (χ0v) is 11.7. The Hall–Kier alpha value is -1.50. The van der Waals surface area contributed by atoms with Crippen LogP contribution in [0.3, 0.4) is 0 Å². The highest BCUT2D eigenvalue weighted by Gasteiger charge is 2.21. The van der Waals surface area contributed by atoms with Gasteiger partial charge in [0.25, 0.3) is 5.91 Å². The molecule has 0 bridgehead atoms. The van der Waals surface area contributed by atoms with E-state index in [0.29, 0.717) is 28.7 Å². The number of carbonyl (C=O) groups excluding carboxylic acids is 1. The normalized spacial score (nSPS) is 15.4. The molecule has 5 heteroatoms. The predicted molar refractivity (Wildman–Crippen MR) is 75.9 cm³/mol. The fourth-order valence-corrected chi connectivity index (χ4v) is 2.47. The van der Waals surface area contributed by atoms with Gasteiger partial charge in [0.1, 0.15) is 11.6 Å². The number of rotatable bonds is 2. The molecule has 0 saturated carbocycles. The highest BCUT2D eigenvalue weighted by molar-refractivity contribution is 6.35. The third-order valence-corrected chi connectivity index (χ3v) is 3.57. The second-order valence-corrected chi connectivity index (χ2v) is 5.18. The van der Waals surface area contributed by atoms with Gasteiger partial charge in [-0.15, -0.1) is 0 Å². The Morgan fingerprint density at radius 1 is 1.32 bits per heavy atom. The summed E-state index contributed by atoms with van der Waals surface area (Å²) in [7, 11) is 0. The van der Waals surface area contributed by atoms with Gasteiger partial charge < -0.3 is 4.90 Å². The number of nitriles is 1. The molecule has 0 N–H and O–H groups in total. The minimum Gasteiger partial charge on any atom is -0.338 e. The van der Waals surface area contributed by atoms with Crippen molar-refractivity contribution in [3.63, 3.8) is 0 Å². The van der Waals surface area contributed by atoms with Crippen molar-refractivity contribution in [2.45, 2.75) is 12.8 Å². The fraction of sp³-hybridized carbons (Fsp3) is 0.286. The van der Waals surface area contributed by atoms with E-state index < -0.39 is 0 Å². The van der Waals surface area contributed by atoms with Crippen LogP contribution in [-0.2, 0) is 4.79 Å². The Bertz CT molecular complexity index is 569. The first-order valence-electron chi connectivity index (χ1n) is 5.98. The van der Waals surface area contributed by atoms with Crippen LogP contribution in [-0.4, -0.2) is 23.9 Å². The number of hydrogen-bond donors (Lipinski definition) is 0. The zero-order valence-electron chi connectivity index (χ0n) is 10.2. The number of halogens is 2. The lowest BCUT2D eigenvalue weighted by atomic mass is 10.1. The van der Waals surface area contributed by atoms with Crippen molar-refractivity contribution in [2.75, 3.05) is 13.1 Å². The van der Waals surface area contributed by atoms with Gasteiger partial charge >= 0.3 is 0 Å². The van der Waals surface area contributed by atoms with Crippen LogP contribution in [0.4, 0.5) is 0 Å². The van der Waals surface area contributed by atoms with Crippen LogP contribution in [0.2, 0.25) is 10.0 Å². The molecular formula is C14H12Cl2N2O. The summed E-state index contributed by atoms with van der Waals surface area (Å²) in [6.07, 6.45) is 3.50. The molecule has 98 valence electrons. The quantitative estimate of drug-likeness (QED) is 0.619. The molecule has 1 aliphatic rings. The van der Waals surface area contributed by atoms with E-state index in [4.69, 9.17) is 28.5 Å². The van der Waals surface area contributed by atoms with E-state index in [1.165, 1.54) is 6.08 Å². The summed E-state index contributed by atoms with van der Waals surface area (Å²) in [4.78, 5) is 13.8. The maximum atomic E-state index is 12.1. The Labute approximate surface area is 122 Å². The second-order valence-electron chi connectivity index (χ2n) is 4.33. The number of likely N-dealkylation sites (tertiary alicyclic amines) is 1. The molecule has 1 saturated heterocycles. The van der Waals surface area contributed by atoms with Crippen molar-refractivity contribution in [1.82, 2.24) is 4.90 Å². The molecule has 0 unspecified atom stereocenters. The van der Waals surface area contributed by atoms with Gasteiger partial charge in [-0.05, 0) is 36.6 Å². The number of carbonyl (C=O) groups is 1. The number of nitrogens with zero attached hydrogens (tertiary/aromatic N) is 2. The van der Waals surface area contributed by atoms with Gasteiger partial charge in [-0.3, -0.25) is 4.79 Å². The fourth-order valence-electron chi connectivity index (χ4n) is 2.01. The summed E-state index contributed by atoms with van der Waals surface area (Å²) >= 11 is 11.8. The van der Waals surface area contributed by atoms with Crippen LogP contribution in [0.5, 0.6) is 0 Å². The second kappa shape index (κ2) is 6.10. The standard InChI is InChI=1S/C14H12Cl2N2O/c15-12-4-3-10(13(16)8-12)7-11(9-17)14(19)18-5-1-2-6-18/h3-4,7-8H,1-2,5-6H2/b11-7-. The minimum absolute atomic E-state index is 0.103. The predicted octanol–water partition coefficient (Wildman–Crippen LogP) is 3.52. The van der Waals surface area contributed by atoms with Gasteiger partial charge in [0.2, 0.25) is 0 Å². The van der Waals surface area contributed by atoms with Gasteiger partial charge in [-0.2, -0.15) is 5.26 Å². The monoisotopic (exact) mass is 294 g/mol. The van der Waals surface area contributed by atoms with Gasteiger partial charge in [-0.25, -0.2) is 0 Å². The smallest absolute Gasteiger partial charge is 0.264 e. The van der Waals surface area contributed by atoms with Crippen LogP contribution >= 0.6 is 23.2 Å². The maximum absolute atomic E-state index is 12.1. The molecule has 19 heavy (non-hydrogen) atoms. The first kappa shape index (κ1) is 13.9. The van der Waals surface area contributed by atoms with E-state index in [9.17, 15) is 4.79 Å². The topological polar surface area (TPSA) is 44.1 Å². The molecule has 1 aliphatic heterocycles. The van der Waals surface area contributed by atoms with Crippen LogP contribution in [0.1, 0.15) is 18.4 Å². The Balaban J connectivity index is 2.28. The van der Waals surface area contributed by atoms with Gasteiger partial charge in [0.05, 0.1) is 0 Å². The lowest BCUT2D eigenvalue weighted by molar-refractivity contribution is -0.125. The summed E-state index contributed by atoms with van der Waals surface area (Å²) in [5.41, 5.74) is 0.723. The van der Waals surface area contributed by atoms with Crippen molar-refractivity contribution < 1.29 is 4.79 Å². The first-order valence-corrected chi connectivity index (χ1v) is 6.73. The average Bonchev–Trinajstić information content (AvgIpc) is 2.91. The van der Waals surface area contributed by atoms with Gasteiger partial charge in [0.15, 0.2) is 0 Å². The van der Waals surface area contributed by atoms with Crippen LogP contribution in [0.25, 0.3) is 6.08 Å². The zero-order chi connectivity index (χ0) is 13.8. The third kappa shape index (κ3) is 3.28. The van der Waals surface area contributed by atoms with Crippen molar-refractivity contribution in [1.29, 1.82) is 5.26 Å². The maximum Gasteiger partial charge on any atom is 0.264 e. The molecule has 0 aliphatic carbocycles. The Kier molecular flexibility index (Phi) is 4.47. The Morgan fingerprint density at radius 3 is 2.58 bits per heavy atom. The lowest BCUT2D eigenvalue weighted by Gasteiger charge is -2.14. The number of hydrogen-bond acceptors (Lipinski definition) is 2. The highest BCUT2D eigenvalue weighted by Crippen LogP contribution is 2.23. The van der Waals surface area contributed by atoms with Crippen LogP contribution in [0.15, 0.2) is 23.8 Å². The van der Waals surface area contributed by atoms with Crippen molar-refractivity contribution in [3.05, 3.63) is 39.4 Å². The van der Waals surface area contributed by atoms with Gasteiger partial charge in [0, 0.05) is 23.1 Å². The van der Waals surface area contributed by atoms with E-state index in [-0.39, 0.29) is 11.5 Å². The van der Waals surface area contributed by atoms with Crippen molar-refractivity contribution >= 4 is 35.2 Å². The van der Waals surface area contributed by atoms with Crippen molar-refractivity contribution in [2.24, 2.45) is 0 Å². The molecular weight excluding hydrogens is 283 g/mol. The largest absolute Gasteiger partial charge is 0.338 e. The SMILES string of the molecule is N#C/C(=C/c1ccc(Cl)cc1Cl)C(=O)N1CCCC1. The summed E-state index contributed by atoms with van der Waals surface area (Å²) in [5.74, 6) is -0.231. The van der Waals surface area contributed by atoms with E-state index in [1.807, 2.05) is 6.07 Å². The van der Waals surface area contributed by atoms with E-state index in [0.717, 1.165) is 12.8 Å². The summed E-state index contributed by atoms with van der Waals surface area (Å²) < 4.78 is 0. The molecule has 1 amide bonds. The first-order chi connectivity index (χ1) is 9.11. The summed E-state index contributed by atoms with van der Waals surface area (Å²) in [5, 5.41) is 10.1. The molecule has 1 aromatic carbocycles. The number of benzene rings is 1. The highest BCUT2D eigenvalue weighted by atomic mass is 35.5. The molecule has 1 fully saturated rings. The molecule has 1 aromatic rings. The molecule has 3 nitrogen and oxygen atoms in total. The van der Waals surface area contributed by atoms with Gasteiger partial charge in [-0.1, -0.05) is 29.3 Å². The third-order valence-electron chi connectivity index (χ3n) is 3.01. The van der Waals surface area contributed by atoms with E-state index >= 15 is 0 Å². The molecule has 1 heterocycles. The molecule has 0 spiro atoms. The summed E-state index contributed by atoms with van der Waals surface area (Å²) in [6.45, 7) is 1.43.